The quantitative estimate of drug-likeness (QED) is 0.574. The number of carboxylic acid groups (broad SMARTS) is 1. The Morgan fingerprint density at radius 1 is 1.03 bits per heavy atom. The van der Waals surface area contributed by atoms with Crippen LogP contribution in [0.3, 0.4) is 0 Å². The Hall–Kier alpha value is -2.55. The molecule has 1 fully saturated rings. The first-order valence-electron chi connectivity index (χ1n) is 10.8. The molecule has 0 aliphatic carbocycles. The first-order chi connectivity index (χ1) is 14.9. The topological polar surface area (TPSA) is 116 Å². The van der Waals surface area contributed by atoms with Crippen molar-refractivity contribution in [1.29, 1.82) is 0 Å². The maximum absolute atomic E-state index is 13.5. The predicted octanol–water partition coefficient (Wildman–Crippen LogP) is 2.40. The van der Waals surface area contributed by atoms with Gasteiger partial charge in [0.2, 0.25) is 11.8 Å². The van der Waals surface area contributed by atoms with E-state index >= 15 is 0 Å². The fraction of sp³-hybridized carbons (Fsp3) is 0.565. The summed E-state index contributed by atoms with van der Waals surface area (Å²) >= 11 is 1.55. The van der Waals surface area contributed by atoms with Gasteiger partial charge < -0.3 is 20.6 Å². The maximum atomic E-state index is 13.5. The van der Waals surface area contributed by atoms with Gasteiger partial charge in [0.05, 0.1) is 0 Å². The third-order valence-corrected chi connectivity index (χ3v) is 7.56. The normalized spacial score (nSPS) is 23.0. The number of carboxylic acids is 1. The number of nitrogens with one attached hydrogen (secondary N) is 2. The van der Waals surface area contributed by atoms with E-state index in [2.05, 4.69) is 10.6 Å². The second kappa shape index (κ2) is 8.77. The Bertz CT molecular complexity index is 945. The number of hydrogen-bond acceptors (Lipinski definition) is 5. The summed E-state index contributed by atoms with van der Waals surface area (Å²) in [7, 11) is 0. The van der Waals surface area contributed by atoms with Crippen LogP contribution in [0.5, 0.6) is 0 Å². The molecule has 4 unspecified atom stereocenters. The van der Waals surface area contributed by atoms with E-state index in [1.807, 2.05) is 26.0 Å². The average molecular weight is 462 g/mol. The summed E-state index contributed by atoms with van der Waals surface area (Å²) < 4.78 is -0.572. The SMILES string of the molecule is CC(C)C(NC(=O)C(NC(=O)C1N2C(=O)c3ccccc3C2SC1(C)C)C(C)C)C(=O)O. The van der Waals surface area contributed by atoms with Crippen molar-refractivity contribution in [2.75, 3.05) is 0 Å². The molecule has 1 saturated heterocycles. The molecule has 0 bridgehead atoms. The van der Waals surface area contributed by atoms with Crippen molar-refractivity contribution >= 4 is 35.5 Å². The molecule has 4 atom stereocenters. The Balaban J connectivity index is 1.83. The van der Waals surface area contributed by atoms with Gasteiger partial charge >= 0.3 is 5.97 Å². The maximum Gasteiger partial charge on any atom is 0.326 e. The smallest absolute Gasteiger partial charge is 0.326 e. The van der Waals surface area contributed by atoms with Crippen molar-refractivity contribution in [3.05, 3.63) is 35.4 Å². The Kier molecular flexibility index (Phi) is 6.60. The Morgan fingerprint density at radius 3 is 2.19 bits per heavy atom. The minimum absolute atomic E-state index is 0.194. The standard InChI is InChI=1S/C23H31N3O5S/c1-11(2)15(18(27)25-16(12(3)4)22(30)31)24-19(28)17-23(5,6)32-21-14-10-8-7-9-13(14)20(29)26(17)21/h7-12,15-17,21H,1-6H3,(H,24,28)(H,25,27)(H,30,31). The number of carbonyl (C=O) groups excluding carboxylic acids is 3. The molecule has 3 rings (SSSR count). The van der Waals surface area contributed by atoms with Crippen LogP contribution >= 0.6 is 11.8 Å². The zero-order valence-electron chi connectivity index (χ0n) is 19.2. The lowest BCUT2D eigenvalue weighted by Gasteiger charge is -2.32. The van der Waals surface area contributed by atoms with Gasteiger partial charge in [0, 0.05) is 10.3 Å². The molecule has 3 amide bonds. The number of benzene rings is 1. The van der Waals surface area contributed by atoms with E-state index in [0.717, 1.165) is 5.56 Å². The summed E-state index contributed by atoms with van der Waals surface area (Å²) in [5.41, 5.74) is 1.49. The van der Waals surface area contributed by atoms with Crippen molar-refractivity contribution in [2.45, 2.75) is 69.8 Å². The second-order valence-electron chi connectivity index (χ2n) is 9.57. The molecule has 0 aromatic heterocycles. The molecule has 2 heterocycles. The third-order valence-electron chi connectivity index (χ3n) is 6.02. The van der Waals surface area contributed by atoms with Crippen molar-refractivity contribution in [3.63, 3.8) is 0 Å². The van der Waals surface area contributed by atoms with E-state index in [0.29, 0.717) is 5.56 Å². The molecule has 1 aromatic rings. The van der Waals surface area contributed by atoms with Gasteiger partial charge in [-0.15, -0.1) is 11.8 Å². The second-order valence-corrected chi connectivity index (χ2v) is 11.3. The van der Waals surface area contributed by atoms with Crippen LogP contribution in [0.25, 0.3) is 0 Å². The van der Waals surface area contributed by atoms with Crippen molar-refractivity contribution < 1.29 is 24.3 Å². The summed E-state index contributed by atoms with van der Waals surface area (Å²) in [6, 6.07) is 4.59. The van der Waals surface area contributed by atoms with Gasteiger partial charge in [-0.25, -0.2) is 4.79 Å². The fourth-order valence-corrected chi connectivity index (χ4v) is 5.92. The molecule has 8 nitrogen and oxygen atoms in total. The highest BCUT2D eigenvalue weighted by atomic mass is 32.2. The molecule has 9 heteroatoms. The number of fused-ring (bicyclic) bond motifs is 3. The first kappa shape index (κ1) is 24.1. The lowest BCUT2D eigenvalue weighted by atomic mass is 9.97. The minimum atomic E-state index is -1.13. The largest absolute Gasteiger partial charge is 0.480 e. The fourth-order valence-electron chi connectivity index (χ4n) is 4.33. The van der Waals surface area contributed by atoms with Crippen molar-refractivity contribution in [2.24, 2.45) is 11.8 Å². The lowest BCUT2D eigenvalue weighted by Crippen LogP contribution is -2.60. The molecule has 0 spiro atoms. The van der Waals surface area contributed by atoms with Crippen LogP contribution in [0.2, 0.25) is 0 Å². The van der Waals surface area contributed by atoms with E-state index in [-0.39, 0.29) is 23.1 Å². The van der Waals surface area contributed by atoms with Gasteiger partial charge in [-0.2, -0.15) is 0 Å². The minimum Gasteiger partial charge on any atom is -0.480 e. The molecule has 1 aromatic carbocycles. The van der Waals surface area contributed by atoms with Crippen LogP contribution in [0.1, 0.15) is 62.8 Å². The summed E-state index contributed by atoms with van der Waals surface area (Å²) in [5.74, 6) is -2.88. The third kappa shape index (κ3) is 4.22. The predicted molar refractivity (Wildman–Crippen MR) is 122 cm³/mol. The van der Waals surface area contributed by atoms with Gasteiger partial charge in [-0.3, -0.25) is 14.4 Å². The van der Waals surface area contributed by atoms with Crippen LogP contribution in [-0.4, -0.2) is 56.6 Å². The number of aliphatic carboxylic acids is 1. The number of nitrogens with zero attached hydrogens (tertiary/aromatic N) is 1. The van der Waals surface area contributed by atoms with Crippen molar-refractivity contribution in [1.82, 2.24) is 15.5 Å². The number of carbonyl (C=O) groups is 4. The van der Waals surface area contributed by atoms with E-state index in [9.17, 15) is 24.3 Å². The molecule has 32 heavy (non-hydrogen) atoms. The zero-order valence-corrected chi connectivity index (χ0v) is 20.0. The van der Waals surface area contributed by atoms with Crippen LogP contribution < -0.4 is 10.6 Å². The van der Waals surface area contributed by atoms with Crippen LogP contribution in [-0.2, 0) is 14.4 Å². The number of rotatable bonds is 7. The van der Waals surface area contributed by atoms with Gasteiger partial charge in [0.1, 0.15) is 23.5 Å². The molecular weight excluding hydrogens is 430 g/mol. The van der Waals surface area contributed by atoms with Crippen LogP contribution in [0, 0.1) is 11.8 Å². The Morgan fingerprint density at radius 2 is 1.62 bits per heavy atom. The molecular formula is C23H31N3O5S. The van der Waals surface area contributed by atoms with E-state index in [4.69, 9.17) is 0 Å². The van der Waals surface area contributed by atoms with Gasteiger partial charge in [0.25, 0.3) is 5.91 Å². The summed E-state index contributed by atoms with van der Waals surface area (Å²) in [6.45, 7) is 10.8. The number of hydrogen-bond donors (Lipinski definition) is 3. The molecule has 174 valence electrons. The van der Waals surface area contributed by atoms with Gasteiger partial charge in [0.15, 0.2) is 0 Å². The first-order valence-corrected chi connectivity index (χ1v) is 11.7. The van der Waals surface area contributed by atoms with Gasteiger partial charge in [-0.05, 0) is 37.3 Å². The average Bonchev–Trinajstić information content (AvgIpc) is 3.12. The summed E-state index contributed by atoms with van der Waals surface area (Å²) in [6.07, 6.45) is 0. The molecule has 3 N–H and O–H groups in total. The lowest BCUT2D eigenvalue weighted by molar-refractivity contribution is -0.143. The summed E-state index contributed by atoms with van der Waals surface area (Å²) in [4.78, 5) is 52.6. The van der Waals surface area contributed by atoms with E-state index < -0.39 is 40.7 Å². The van der Waals surface area contributed by atoms with Crippen molar-refractivity contribution in [3.8, 4) is 0 Å². The number of amides is 3. The molecule has 0 saturated carbocycles. The van der Waals surface area contributed by atoms with Crippen LogP contribution in [0.15, 0.2) is 24.3 Å². The zero-order chi connectivity index (χ0) is 24.0. The molecule has 2 aliphatic rings. The highest BCUT2D eigenvalue weighted by molar-refractivity contribution is 8.01. The molecule has 0 radical (unpaired) electrons. The highest BCUT2D eigenvalue weighted by Crippen LogP contribution is 2.56. The summed E-state index contributed by atoms with van der Waals surface area (Å²) in [5, 5.41) is 14.5. The molecule has 2 aliphatic heterocycles. The number of thioether (sulfide) groups is 1. The Labute approximate surface area is 192 Å². The van der Waals surface area contributed by atoms with Crippen LogP contribution in [0.4, 0.5) is 0 Å². The monoisotopic (exact) mass is 461 g/mol. The van der Waals surface area contributed by atoms with E-state index in [1.54, 1.807) is 56.5 Å². The van der Waals surface area contributed by atoms with Gasteiger partial charge in [-0.1, -0.05) is 45.9 Å². The highest BCUT2D eigenvalue weighted by Gasteiger charge is 2.57. The van der Waals surface area contributed by atoms with E-state index in [1.165, 1.54) is 0 Å².